The van der Waals surface area contributed by atoms with Crippen molar-refractivity contribution in [3.63, 3.8) is 0 Å². The lowest BCUT2D eigenvalue weighted by Gasteiger charge is -2.13. The number of nitrogens with zero attached hydrogens (tertiary/aromatic N) is 2. The zero-order chi connectivity index (χ0) is 18.2. The van der Waals surface area contributed by atoms with Gasteiger partial charge < -0.3 is 10.6 Å². The van der Waals surface area contributed by atoms with Crippen LogP contribution in [-0.2, 0) is 0 Å². The van der Waals surface area contributed by atoms with Crippen molar-refractivity contribution in [2.45, 2.75) is 11.8 Å². The molecule has 130 valence electrons. The van der Waals surface area contributed by atoms with Gasteiger partial charge in [0.15, 0.2) is 0 Å². The summed E-state index contributed by atoms with van der Waals surface area (Å²) >= 11 is 3.21. The van der Waals surface area contributed by atoms with Crippen LogP contribution in [-0.4, -0.2) is 13.1 Å². The molecule has 2 N–H and O–H groups in total. The first kappa shape index (κ1) is 18.0. The van der Waals surface area contributed by atoms with Crippen molar-refractivity contribution >= 4 is 34.0 Å². The summed E-state index contributed by atoms with van der Waals surface area (Å²) in [6.07, 6.45) is 0. The summed E-state index contributed by atoms with van der Waals surface area (Å²) in [7, 11) is 0. The summed E-state index contributed by atoms with van der Waals surface area (Å²) < 4.78 is 0. The Hall–Kier alpha value is -2.80. The highest BCUT2D eigenvalue weighted by molar-refractivity contribution is 7.10. The molecule has 3 aromatic rings. The summed E-state index contributed by atoms with van der Waals surface area (Å²) in [5, 5.41) is 29.3. The van der Waals surface area contributed by atoms with Crippen LogP contribution in [0.3, 0.4) is 0 Å². The van der Waals surface area contributed by atoms with Crippen molar-refractivity contribution in [3.8, 4) is 12.1 Å². The van der Waals surface area contributed by atoms with Gasteiger partial charge in [0.2, 0.25) is 0 Å². The molecule has 0 aliphatic heterocycles. The highest BCUT2D eigenvalue weighted by atomic mass is 32.1. The van der Waals surface area contributed by atoms with Crippen LogP contribution >= 0.6 is 22.7 Å². The first-order chi connectivity index (χ1) is 12.8. The fraction of sp³-hybridized carbons (Fsp3) is 0.200. The Morgan fingerprint density at radius 2 is 1.15 bits per heavy atom. The minimum absolute atomic E-state index is 0.144. The lowest BCUT2D eigenvalue weighted by Crippen LogP contribution is -2.11. The van der Waals surface area contributed by atoms with Crippen LogP contribution in [0.15, 0.2) is 59.3 Å². The van der Waals surface area contributed by atoms with Crippen molar-refractivity contribution in [1.29, 1.82) is 10.5 Å². The first-order valence-electron chi connectivity index (χ1n) is 8.24. The standard InChI is InChI=1S/C20H18N4S2/c21-11-15(19-3-1-9-25-19)13-23-17-5-7-18(8-6-17)24-14-16(12-22)20-4-2-10-26-20/h1-10,15-16,23-24H,13-14H2/t15-,16+. The molecule has 3 rings (SSSR count). The number of nitrogens with one attached hydrogen (secondary N) is 2. The van der Waals surface area contributed by atoms with Gasteiger partial charge in [-0.25, -0.2) is 0 Å². The van der Waals surface area contributed by atoms with Gasteiger partial charge in [0.05, 0.1) is 24.0 Å². The lowest BCUT2D eigenvalue weighted by molar-refractivity contribution is 0.918. The second kappa shape index (κ2) is 9.05. The molecule has 2 heterocycles. The van der Waals surface area contributed by atoms with Gasteiger partial charge in [-0.1, -0.05) is 12.1 Å². The molecule has 0 fully saturated rings. The fourth-order valence-electron chi connectivity index (χ4n) is 2.54. The Morgan fingerprint density at radius 1 is 0.731 bits per heavy atom. The fourth-order valence-corrected chi connectivity index (χ4v) is 4.09. The summed E-state index contributed by atoms with van der Waals surface area (Å²) in [6, 6.07) is 20.5. The number of hydrogen-bond acceptors (Lipinski definition) is 6. The Balaban J connectivity index is 1.52. The van der Waals surface area contributed by atoms with Gasteiger partial charge in [0.25, 0.3) is 0 Å². The van der Waals surface area contributed by atoms with Crippen LogP contribution in [0.2, 0.25) is 0 Å². The number of benzene rings is 1. The predicted molar refractivity (Wildman–Crippen MR) is 109 cm³/mol. The molecule has 0 aliphatic rings. The topological polar surface area (TPSA) is 71.6 Å². The Bertz CT molecular complexity index is 796. The van der Waals surface area contributed by atoms with Gasteiger partial charge >= 0.3 is 0 Å². The molecular formula is C20H18N4S2. The normalized spacial score (nSPS) is 12.5. The molecule has 4 nitrogen and oxygen atoms in total. The number of rotatable bonds is 8. The van der Waals surface area contributed by atoms with E-state index < -0.39 is 0 Å². The third-order valence-electron chi connectivity index (χ3n) is 3.99. The van der Waals surface area contributed by atoms with Crippen molar-refractivity contribution in [2.75, 3.05) is 23.7 Å². The van der Waals surface area contributed by atoms with E-state index >= 15 is 0 Å². The van der Waals surface area contributed by atoms with E-state index in [0.717, 1.165) is 21.1 Å². The van der Waals surface area contributed by atoms with E-state index in [1.54, 1.807) is 22.7 Å². The number of anilines is 2. The van der Waals surface area contributed by atoms with Gasteiger partial charge in [-0.05, 0) is 47.2 Å². The van der Waals surface area contributed by atoms with Crippen LogP contribution in [0, 0.1) is 22.7 Å². The smallest absolute Gasteiger partial charge is 0.0977 e. The van der Waals surface area contributed by atoms with Crippen LogP contribution in [0.25, 0.3) is 0 Å². The summed E-state index contributed by atoms with van der Waals surface area (Å²) in [5.74, 6) is -0.287. The molecule has 0 bridgehead atoms. The van der Waals surface area contributed by atoms with Gasteiger partial charge in [0, 0.05) is 34.2 Å². The molecule has 0 radical (unpaired) electrons. The molecule has 0 saturated heterocycles. The molecule has 0 aliphatic carbocycles. The minimum Gasteiger partial charge on any atom is -0.383 e. The maximum Gasteiger partial charge on any atom is 0.0977 e. The average Bonchev–Trinajstić information content (AvgIpc) is 3.38. The molecule has 0 unspecified atom stereocenters. The van der Waals surface area contributed by atoms with E-state index in [9.17, 15) is 10.5 Å². The van der Waals surface area contributed by atoms with Crippen molar-refractivity contribution in [3.05, 3.63) is 69.0 Å². The van der Waals surface area contributed by atoms with Gasteiger partial charge in [-0.2, -0.15) is 10.5 Å². The second-order valence-electron chi connectivity index (χ2n) is 5.73. The quantitative estimate of drug-likeness (QED) is 0.562. The van der Waals surface area contributed by atoms with Gasteiger partial charge in [-0.15, -0.1) is 22.7 Å². The SMILES string of the molecule is N#C[C@H](CNc1ccc(NC[C@H](C#N)c2cccs2)cc1)c1cccs1. The minimum atomic E-state index is -0.144. The highest BCUT2D eigenvalue weighted by Crippen LogP contribution is 2.23. The van der Waals surface area contributed by atoms with Crippen LogP contribution in [0.1, 0.15) is 21.6 Å². The molecule has 2 atom stereocenters. The van der Waals surface area contributed by atoms with Crippen LogP contribution in [0.4, 0.5) is 11.4 Å². The third-order valence-corrected chi connectivity index (χ3v) is 5.96. The summed E-state index contributed by atoms with van der Waals surface area (Å²) in [5.41, 5.74) is 1.95. The highest BCUT2D eigenvalue weighted by Gasteiger charge is 2.12. The van der Waals surface area contributed by atoms with Crippen LogP contribution < -0.4 is 10.6 Å². The molecule has 0 saturated carbocycles. The molecule has 0 spiro atoms. The zero-order valence-electron chi connectivity index (χ0n) is 14.1. The van der Waals surface area contributed by atoms with E-state index in [2.05, 4.69) is 22.8 Å². The maximum atomic E-state index is 9.32. The number of thiophene rings is 2. The molecule has 2 aromatic heterocycles. The van der Waals surface area contributed by atoms with E-state index in [0.29, 0.717) is 13.1 Å². The summed E-state index contributed by atoms with van der Waals surface area (Å²) in [4.78, 5) is 2.16. The van der Waals surface area contributed by atoms with Crippen molar-refractivity contribution in [1.82, 2.24) is 0 Å². The number of hydrogen-bond donors (Lipinski definition) is 2. The Labute approximate surface area is 161 Å². The van der Waals surface area contributed by atoms with Gasteiger partial charge in [0.1, 0.15) is 0 Å². The first-order valence-corrected chi connectivity index (χ1v) is 10.00. The molecule has 0 amide bonds. The Kier molecular flexibility index (Phi) is 6.27. The molecule has 1 aromatic carbocycles. The summed E-state index contributed by atoms with van der Waals surface area (Å²) in [6.45, 7) is 1.16. The van der Waals surface area contributed by atoms with E-state index in [4.69, 9.17) is 0 Å². The molecular weight excluding hydrogens is 360 g/mol. The average molecular weight is 379 g/mol. The van der Waals surface area contributed by atoms with Crippen molar-refractivity contribution < 1.29 is 0 Å². The molecule has 26 heavy (non-hydrogen) atoms. The van der Waals surface area contributed by atoms with E-state index in [-0.39, 0.29) is 11.8 Å². The molecule has 6 heteroatoms. The van der Waals surface area contributed by atoms with Crippen LogP contribution in [0.5, 0.6) is 0 Å². The van der Waals surface area contributed by atoms with Gasteiger partial charge in [-0.3, -0.25) is 0 Å². The second-order valence-corrected chi connectivity index (χ2v) is 7.69. The van der Waals surface area contributed by atoms with E-state index in [1.165, 1.54) is 0 Å². The Morgan fingerprint density at radius 3 is 1.46 bits per heavy atom. The zero-order valence-corrected chi connectivity index (χ0v) is 15.7. The maximum absolute atomic E-state index is 9.32. The van der Waals surface area contributed by atoms with Crippen molar-refractivity contribution in [2.24, 2.45) is 0 Å². The monoisotopic (exact) mass is 378 g/mol. The lowest BCUT2D eigenvalue weighted by atomic mass is 10.1. The predicted octanol–water partition coefficient (Wildman–Crippen LogP) is 5.25. The third kappa shape index (κ3) is 4.64. The number of nitriles is 2. The largest absolute Gasteiger partial charge is 0.383 e. The van der Waals surface area contributed by atoms with E-state index in [1.807, 2.05) is 59.3 Å².